The molecule has 0 fully saturated rings. The lowest BCUT2D eigenvalue weighted by Gasteiger charge is -2.14. The zero-order valence-corrected chi connectivity index (χ0v) is 15.0. The van der Waals surface area contributed by atoms with E-state index in [1.807, 2.05) is 0 Å². The molecule has 0 unspecified atom stereocenters. The Morgan fingerprint density at radius 1 is 1.00 bits per heavy atom. The Morgan fingerprint density at radius 3 is 2.46 bits per heavy atom. The van der Waals surface area contributed by atoms with Gasteiger partial charge in [0.1, 0.15) is 11.4 Å². The van der Waals surface area contributed by atoms with Crippen molar-refractivity contribution in [3.05, 3.63) is 88.8 Å². The van der Waals surface area contributed by atoms with E-state index in [-0.39, 0.29) is 11.4 Å². The van der Waals surface area contributed by atoms with Crippen molar-refractivity contribution in [1.29, 1.82) is 0 Å². The average Bonchev–Trinajstić information content (AvgIpc) is 2.76. The molecule has 0 saturated heterocycles. The number of hydrogen-bond acceptors (Lipinski definition) is 5. The van der Waals surface area contributed by atoms with Crippen molar-refractivity contribution >= 4 is 16.8 Å². The minimum absolute atomic E-state index is 0.256. The number of methoxy groups -OCH3 is 1. The third kappa shape index (κ3) is 3.21. The van der Waals surface area contributed by atoms with Crippen molar-refractivity contribution < 1.29 is 9.53 Å². The zero-order valence-electron chi connectivity index (χ0n) is 15.0. The summed E-state index contributed by atoms with van der Waals surface area (Å²) in [6, 6.07) is 18.9. The average molecular weight is 372 g/mol. The first-order valence-electron chi connectivity index (χ1n) is 8.56. The highest BCUT2D eigenvalue weighted by Crippen LogP contribution is 2.16. The quantitative estimate of drug-likeness (QED) is 0.595. The summed E-state index contributed by atoms with van der Waals surface area (Å²) in [6.45, 7) is 0. The van der Waals surface area contributed by atoms with Gasteiger partial charge in [0.15, 0.2) is 5.82 Å². The third-order valence-electron chi connectivity index (χ3n) is 4.24. The SMILES string of the molecule is COc1ccc(C(=O)Nn2c(-c3ccccn3)nc3ccccc3c2=O)cc1. The molecular formula is C21H16N4O3. The lowest BCUT2D eigenvalue weighted by atomic mass is 10.2. The van der Waals surface area contributed by atoms with Gasteiger partial charge in [-0.2, -0.15) is 4.68 Å². The van der Waals surface area contributed by atoms with E-state index in [0.717, 1.165) is 4.68 Å². The Hall–Kier alpha value is -4.00. The van der Waals surface area contributed by atoms with Crippen LogP contribution in [0, 0.1) is 0 Å². The molecule has 0 aliphatic heterocycles. The lowest BCUT2D eigenvalue weighted by Crippen LogP contribution is -2.35. The number of fused-ring (bicyclic) bond motifs is 1. The summed E-state index contributed by atoms with van der Waals surface area (Å²) in [5, 5.41) is 0.400. The fraction of sp³-hybridized carbons (Fsp3) is 0.0476. The number of aromatic nitrogens is 3. The Kier molecular flexibility index (Phi) is 4.55. The van der Waals surface area contributed by atoms with E-state index < -0.39 is 5.91 Å². The number of nitrogens with zero attached hydrogens (tertiary/aromatic N) is 3. The van der Waals surface area contributed by atoms with Crippen molar-refractivity contribution in [3.63, 3.8) is 0 Å². The molecule has 28 heavy (non-hydrogen) atoms. The first-order valence-corrected chi connectivity index (χ1v) is 8.56. The van der Waals surface area contributed by atoms with Gasteiger partial charge in [0.05, 0.1) is 18.0 Å². The van der Waals surface area contributed by atoms with Crippen LogP contribution in [0.2, 0.25) is 0 Å². The highest BCUT2D eigenvalue weighted by atomic mass is 16.5. The summed E-state index contributed by atoms with van der Waals surface area (Å²) in [4.78, 5) is 34.6. The number of carbonyl (C=O) groups excluding carboxylic acids is 1. The predicted molar refractivity (Wildman–Crippen MR) is 106 cm³/mol. The second-order valence-electron chi connectivity index (χ2n) is 5.98. The number of rotatable bonds is 4. The molecule has 0 atom stereocenters. The van der Waals surface area contributed by atoms with Crippen molar-refractivity contribution in [2.45, 2.75) is 0 Å². The molecule has 4 aromatic rings. The number of nitrogens with one attached hydrogen (secondary N) is 1. The van der Waals surface area contributed by atoms with E-state index in [1.165, 1.54) is 0 Å². The number of pyridine rings is 1. The predicted octanol–water partition coefficient (Wildman–Crippen LogP) is 2.85. The molecule has 0 aliphatic rings. The van der Waals surface area contributed by atoms with Gasteiger partial charge < -0.3 is 4.74 Å². The summed E-state index contributed by atoms with van der Waals surface area (Å²) < 4.78 is 6.24. The van der Waals surface area contributed by atoms with Crippen molar-refractivity contribution in [2.24, 2.45) is 0 Å². The molecule has 0 radical (unpaired) electrons. The third-order valence-corrected chi connectivity index (χ3v) is 4.24. The molecule has 0 saturated carbocycles. The molecule has 0 spiro atoms. The Bertz CT molecular complexity index is 1200. The molecule has 0 aliphatic carbocycles. The van der Waals surface area contributed by atoms with Crippen LogP contribution in [-0.4, -0.2) is 27.7 Å². The second kappa shape index (κ2) is 7.32. The molecule has 4 rings (SSSR count). The topological polar surface area (TPSA) is 86.1 Å². The van der Waals surface area contributed by atoms with E-state index in [9.17, 15) is 9.59 Å². The molecule has 1 N–H and O–H groups in total. The fourth-order valence-electron chi connectivity index (χ4n) is 2.81. The molecule has 7 heteroatoms. The minimum atomic E-state index is -0.445. The van der Waals surface area contributed by atoms with Gasteiger partial charge in [-0.25, -0.2) is 4.98 Å². The van der Waals surface area contributed by atoms with Crippen LogP contribution < -0.4 is 15.7 Å². The standard InChI is InChI=1S/C21H16N4O3/c1-28-15-11-9-14(10-12-15)20(26)24-25-19(18-8-4-5-13-22-18)23-17-7-3-2-6-16(17)21(25)27/h2-13H,1H3,(H,24,26). The van der Waals surface area contributed by atoms with E-state index in [1.54, 1.807) is 80.0 Å². The van der Waals surface area contributed by atoms with Gasteiger partial charge in [-0.1, -0.05) is 18.2 Å². The molecular weight excluding hydrogens is 356 g/mol. The summed E-state index contributed by atoms with van der Waals surface area (Å²) in [7, 11) is 1.55. The Labute approximate surface area is 160 Å². The molecule has 138 valence electrons. The minimum Gasteiger partial charge on any atom is -0.497 e. The van der Waals surface area contributed by atoms with Gasteiger partial charge in [-0.15, -0.1) is 0 Å². The number of para-hydroxylation sites is 1. The van der Waals surface area contributed by atoms with Gasteiger partial charge in [0.2, 0.25) is 0 Å². The van der Waals surface area contributed by atoms with Crippen LogP contribution in [0.1, 0.15) is 10.4 Å². The number of amides is 1. The van der Waals surface area contributed by atoms with Gasteiger partial charge in [0, 0.05) is 11.8 Å². The van der Waals surface area contributed by atoms with E-state index in [2.05, 4.69) is 15.4 Å². The second-order valence-corrected chi connectivity index (χ2v) is 5.98. The maximum atomic E-state index is 13.1. The first kappa shape index (κ1) is 17.4. The molecule has 7 nitrogen and oxygen atoms in total. The summed E-state index contributed by atoms with van der Waals surface area (Å²) >= 11 is 0. The zero-order chi connectivity index (χ0) is 19.5. The molecule has 2 aromatic heterocycles. The maximum Gasteiger partial charge on any atom is 0.280 e. The summed E-state index contributed by atoms with van der Waals surface area (Å²) in [5.74, 6) is 0.445. The van der Waals surface area contributed by atoms with Crippen LogP contribution in [-0.2, 0) is 0 Å². The smallest absolute Gasteiger partial charge is 0.280 e. The molecule has 2 aromatic carbocycles. The molecule has 2 heterocycles. The first-order chi connectivity index (χ1) is 13.7. The number of ether oxygens (including phenoxy) is 1. The van der Waals surface area contributed by atoms with Crippen LogP contribution in [0.25, 0.3) is 22.4 Å². The van der Waals surface area contributed by atoms with Crippen molar-refractivity contribution in [1.82, 2.24) is 14.6 Å². The summed E-state index contributed by atoms with van der Waals surface area (Å²) in [6.07, 6.45) is 1.60. The van der Waals surface area contributed by atoms with Crippen molar-refractivity contribution in [3.8, 4) is 17.3 Å². The maximum absolute atomic E-state index is 13.1. The van der Waals surface area contributed by atoms with Crippen molar-refractivity contribution in [2.75, 3.05) is 12.5 Å². The normalized spacial score (nSPS) is 10.6. The van der Waals surface area contributed by atoms with Crippen LogP contribution in [0.15, 0.2) is 77.7 Å². The van der Waals surface area contributed by atoms with Gasteiger partial charge >= 0.3 is 0 Å². The Morgan fingerprint density at radius 2 is 1.75 bits per heavy atom. The van der Waals surface area contributed by atoms with Crippen LogP contribution in [0.5, 0.6) is 5.75 Å². The number of benzene rings is 2. The van der Waals surface area contributed by atoms with Crippen LogP contribution in [0.3, 0.4) is 0 Å². The lowest BCUT2D eigenvalue weighted by molar-refractivity contribution is 0.101. The highest BCUT2D eigenvalue weighted by molar-refractivity contribution is 6.00. The Balaban J connectivity index is 1.83. The fourth-order valence-corrected chi connectivity index (χ4v) is 2.81. The molecule has 1 amide bonds. The van der Waals surface area contributed by atoms with Crippen LogP contribution >= 0.6 is 0 Å². The number of hydrogen-bond donors (Lipinski definition) is 1. The van der Waals surface area contributed by atoms with E-state index >= 15 is 0 Å². The van der Waals surface area contributed by atoms with Crippen LogP contribution in [0.4, 0.5) is 0 Å². The highest BCUT2D eigenvalue weighted by Gasteiger charge is 2.16. The van der Waals surface area contributed by atoms with E-state index in [0.29, 0.717) is 27.9 Å². The van der Waals surface area contributed by atoms with Gasteiger partial charge in [0.25, 0.3) is 11.5 Å². The van der Waals surface area contributed by atoms with Gasteiger partial charge in [-0.05, 0) is 48.5 Å². The number of carbonyl (C=O) groups is 1. The van der Waals surface area contributed by atoms with E-state index in [4.69, 9.17) is 4.74 Å². The molecule has 0 bridgehead atoms. The summed E-state index contributed by atoms with van der Waals surface area (Å²) in [5.41, 5.74) is 3.65. The largest absolute Gasteiger partial charge is 0.497 e. The monoisotopic (exact) mass is 372 g/mol. The van der Waals surface area contributed by atoms with Gasteiger partial charge in [-0.3, -0.25) is 20.0 Å².